The van der Waals surface area contributed by atoms with E-state index in [2.05, 4.69) is 11.6 Å². The van der Waals surface area contributed by atoms with Gasteiger partial charge in [0.25, 0.3) is 0 Å². The summed E-state index contributed by atoms with van der Waals surface area (Å²) in [6.07, 6.45) is 9.00. The van der Waals surface area contributed by atoms with Crippen molar-refractivity contribution in [3.05, 3.63) is 33.8 Å². The number of thioether (sulfide) groups is 1. The van der Waals surface area contributed by atoms with E-state index >= 15 is 0 Å². The van der Waals surface area contributed by atoms with E-state index in [4.69, 9.17) is 23.2 Å². The first kappa shape index (κ1) is 15.5. The molecule has 1 fully saturated rings. The third-order valence-corrected chi connectivity index (χ3v) is 5.99. The lowest BCUT2D eigenvalue weighted by Gasteiger charge is -2.36. The van der Waals surface area contributed by atoms with Crippen molar-refractivity contribution in [2.75, 3.05) is 12.8 Å². The lowest BCUT2D eigenvalue weighted by Crippen LogP contribution is -2.39. The Labute approximate surface area is 130 Å². The molecule has 0 aromatic heterocycles. The number of nitrogens with one attached hydrogen (secondary N) is 1. The first-order valence-electron chi connectivity index (χ1n) is 6.85. The SMILES string of the molecule is CSC1(CNCc2cc(Cl)ccc2Cl)CCCCC1. The summed E-state index contributed by atoms with van der Waals surface area (Å²) < 4.78 is 0.420. The molecule has 1 aromatic carbocycles. The molecule has 0 atom stereocenters. The van der Waals surface area contributed by atoms with Crippen LogP contribution in [-0.2, 0) is 6.54 Å². The Morgan fingerprint density at radius 3 is 2.63 bits per heavy atom. The van der Waals surface area contributed by atoms with Gasteiger partial charge in [0.05, 0.1) is 0 Å². The lowest BCUT2D eigenvalue weighted by atomic mass is 9.88. The van der Waals surface area contributed by atoms with E-state index in [1.165, 1.54) is 32.1 Å². The molecule has 0 bridgehead atoms. The van der Waals surface area contributed by atoms with Crippen molar-refractivity contribution in [1.82, 2.24) is 5.32 Å². The Kier molecular flexibility index (Phi) is 5.88. The summed E-state index contributed by atoms with van der Waals surface area (Å²) in [5.41, 5.74) is 1.08. The minimum atomic E-state index is 0.420. The summed E-state index contributed by atoms with van der Waals surface area (Å²) in [5, 5.41) is 5.11. The van der Waals surface area contributed by atoms with Crippen LogP contribution < -0.4 is 5.32 Å². The molecule has 1 N–H and O–H groups in total. The van der Waals surface area contributed by atoms with Gasteiger partial charge in [-0.1, -0.05) is 42.5 Å². The largest absolute Gasteiger partial charge is 0.311 e. The van der Waals surface area contributed by atoms with E-state index in [9.17, 15) is 0 Å². The molecule has 0 heterocycles. The lowest BCUT2D eigenvalue weighted by molar-refractivity contribution is 0.379. The zero-order chi connectivity index (χ0) is 13.7. The molecule has 0 saturated heterocycles. The smallest absolute Gasteiger partial charge is 0.0451 e. The summed E-state index contributed by atoms with van der Waals surface area (Å²) >= 11 is 14.2. The number of hydrogen-bond acceptors (Lipinski definition) is 2. The van der Waals surface area contributed by atoms with Crippen molar-refractivity contribution >= 4 is 35.0 Å². The first-order chi connectivity index (χ1) is 9.15. The topological polar surface area (TPSA) is 12.0 Å². The van der Waals surface area contributed by atoms with E-state index in [1.54, 1.807) is 0 Å². The van der Waals surface area contributed by atoms with Crippen molar-refractivity contribution in [3.63, 3.8) is 0 Å². The van der Waals surface area contributed by atoms with Crippen LogP contribution in [-0.4, -0.2) is 17.5 Å². The summed E-state index contributed by atoms with van der Waals surface area (Å²) in [6.45, 7) is 1.85. The summed E-state index contributed by atoms with van der Waals surface area (Å²) in [5.74, 6) is 0. The molecule has 106 valence electrons. The van der Waals surface area contributed by atoms with Crippen molar-refractivity contribution in [2.45, 2.75) is 43.4 Å². The van der Waals surface area contributed by atoms with Crippen LogP contribution in [0.2, 0.25) is 10.0 Å². The molecule has 1 nitrogen and oxygen atoms in total. The standard InChI is InChI=1S/C15H21Cl2NS/c1-19-15(7-3-2-4-8-15)11-18-10-12-9-13(16)5-6-14(12)17/h5-6,9,18H,2-4,7-8,10-11H2,1H3. The van der Waals surface area contributed by atoms with Gasteiger partial charge in [0.1, 0.15) is 0 Å². The van der Waals surface area contributed by atoms with Crippen LogP contribution in [0.1, 0.15) is 37.7 Å². The molecule has 2 rings (SSSR count). The second-order valence-corrected chi connectivity index (χ2v) is 7.40. The number of halogens is 2. The third kappa shape index (κ3) is 4.29. The molecule has 0 amide bonds. The van der Waals surface area contributed by atoms with Gasteiger partial charge in [0, 0.05) is 27.9 Å². The predicted molar refractivity (Wildman–Crippen MR) is 87.5 cm³/mol. The van der Waals surface area contributed by atoms with Crippen molar-refractivity contribution in [1.29, 1.82) is 0 Å². The molecule has 1 aromatic rings. The molecular formula is C15H21Cl2NS. The number of rotatable bonds is 5. The molecular weight excluding hydrogens is 297 g/mol. The molecule has 0 spiro atoms. The van der Waals surface area contributed by atoms with E-state index in [-0.39, 0.29) is 0 Å². The zero-order valence-electron chi connectivity index (χ0n) is 11.3. The summed E-state index contributed by atoms with van der Waals surface area (Å²) in [4.78, 5) is 0. The number of hydrogen-bond donors (Lipinski definition) is 1. The van der Waals surface area contributed by atoms with E-state index in [0.717, 1.165) is 28.7 Å². The van der Waals surface area contributed by atoms with Crippen LogP contribution in [0.25, 0.3) is 0 Å². The van der Waals surface area contributed by atoms with E-state index in [1.807, 2.05) is 30.0 Å². The van der Waals surface area contributed by atoms with Gasteiger partial charge in [0.15, 0.2) is 0 Å². The molecule has 0 radical (unpaired) electrons. The van der Waals surface area contributed by atoms with Gasteiger partial charge < -0.3 is 5.32 Å². The zero-order valence-corrected chi connectivity index (χ0v) is 13.7. The van der Waals surface area contributed by atoms with Crippen molar-refractivity contribution in [2.24, 2.45) is 0 Å². The molecule has 1 saturated carbocycles. The molecule has 19 heavy (non-hydrogen) atoms. The normalized spacial score (nSPS) is 18.5. The third-order valence-electron chi connectivity index (χ3n) is 3.97. The van der Waals surface area contributed by atoms with Crippen LogP contribution >= 0.6 is 35.0 Å². The minimum absolute atomic E-state index is 0.420. The van der Waals surface area contributed by atoms with E-state index in [0.29, 0.717) is 4.75 Å². The van der Waals surface area contributed by atoms with Crippen molar-refractivity contribution < 1.29 is 0 Å². The Balaban J connectivity index is 1.90. The maximum absolute atomic E-state index is 6.18. The highest BCUT2D eigenvalue weighted by Gasteiger charge is 2.30. The summed E-state index contributed by atoms with van der Waals surface area (Å²) in [7, 11) is 0. The highest BCUT2D eigenvalue weighted by Crippen LogP contribution is 2.38. The van der Waals surface area contributed by atoms with Crippen molar-refractivity contribution in [3.8, 4) is 0 Å². The first-order valence-corrected chi connectivity index (χ1v) is 8.83. The Morgan fingerprint density at radius 2 is 1.95 bits per heavy atom. The molecule has 4 heteroatoms. The average Bonchev–Trinajstić information content (AvgIpc) is 2.44. The van der Waals surface area contributed by atoms with Crippen LogP contribution in [0.4, 0.5) is 0 Å². The maximum Gasteiger partial charge on any atom is 0.0451 e. The Bertz CT molecular complexity index is 417. The van der Waals surface area contributed by atoms with Gasteiger partial charge in [-0.3, -0.25) is 0 Å². The van der Waals surface area contributed by atoms with Gasteiger partial charge in [-0.15, -0.1) is 0 Å². The fourth-order valence-electron chi connectivity index (χ4n) is 2.75. The van der Waals surface area contributed by atoms with Crippen LogP contribution in [0.3, 0.4) is 0 Å². The van der Waals surface area contributed by atoms with Crippen LogP contribution in [0.5, 0.6) is 0 Å². The van der Waals surface area contributed by atoms with Gasteiger partial charge in [0.2, 0.25) is 0 Å². The molecule has 1 aliphatic carbocycles. The molecule has 0 aliphatic heterocycles. The van der Waals surface area contributed by atoms with Crippen LogP contribution in [0.15, 0.2) is 18.2 Å². The summed E-state index contributed by atoms with van der Waals surface area (Å²) in [6, 6.07) is 5.65. The molecule has 0 unspecified atom stereocenters. The fourth-order valence-corrected chi connectivity index (χ4v) is 4.08. The van der Waals surface area contributed by atoms with Gasteiger partial charge >= 0.3 is 0 Å². The quantitative estimate of drug-likeness (QED) is 0.806. The highest BCUT2D eigenvalue weighted by atomic mass is 35.5. The highest BCUT2D eigenvalue weighted by molar-refractivity contribution is 8.00. The maximum atomic E-state index is 6.18. The predicted octanol–water partition coefficient (Wildman–Crippen LogP) is 5.15. The Hall–Kier alpha value is 0.110. The molecule has 1 aliphatic rings. The second-order valence-electron chi connectivity index (χ2n) is 5.29. The van der Waals surface area contributed by atoms with Crippen LogP contribution in [0, 0.1) is 0 Å². The second kappa shape index (κ2) is 7.21. The number of benzene rings is 1. The fraction of sp³-hybridized carbons (Fsp3) is 0.600. The van der Waals surface area contributed by atoms with Gasteiger partial charge in [-0.05, 0) is 42.9 Å². The Morgan fingerprint density at radius 1 is 1.21 bits per heavy atom. The average molecular weight is 318 g/mol. The van der Waals surface area contributed by atoms with Gasteiger partial charge in [-0.2, -0.15) is 11.8 Å². The minimum Gasteiger partial charge on any atom is -0.311 e. The van der Waals surface area contributed by atoms with E-state index < -0.39 is 0 Å². The monoisotopic (exact) mass is 317 g/mol. The van der Waals surface area contributed by atoms with Gasteiger partial charge in [-0.25, -0.2) is 0 Å².